The van der Waals surface area contributed by atoms with Crippen molar-refractivity contribution in [3.63, 3.8) is 0 Å². The summed E-state index contributed by atoms with van der Waals surface area (Å²) >= 11 is 0. The van der Waals surface area contributed by atoms with E-state index in [0.29, 0.717) is 30.5 Å². The Morgan fingerprint density at radius 1 is 1.26 bits per heavy atom. The average Bonchev–Trinajstić information content (AvgIpc) is 2.78. The van der Waals surface area contributed by atoms with Crippen LogP contribution in [0.4, 0.5) is 5.82 Å². The van der Waals surface area contributed by atoms with Crippen LogP contribution in [0.3, 0.4) is 0 Å². The number of hydrogen-bond acceptors (Lipinski definition) is 6. The number of carbonyl (C=O) groups excluding carboxylic acids is 1. The van der Waals surface area contributed by atoms with Gasteiger partial charge in [-0.1, -0.05) is 0 Å². The Kier molecular flexibility index (Phi) is 6.09. The quantitative estimate of drug-likeness (QED) is 0.811. The van der Waals surface area contributed by atoms with Crippen LogP contribution in [0.15, 0.2) is 23.1 Å². The minimum absolute atomic E-state index is 0.0402. The molecule has 0 spiro atoms. The van der Waals surface area contributed by atoms with Crippen molar-refractivity contribution < 1.29 is 4.79 Å². The lowest BCUT2D eigenvalue weighted by Gasteiger charge is -2.36. The third kappa shape index (κ3) is 4.35. The highest BCUT2D eigenvalue weighted by Crippen LogP contribution is 2.31. The average molecular weight is 425 g/mol. The maximum atomic E-state index is 13.4. The number of carbonyl (C=O) groups is 1. The molecule has 1 saturated heterocycles. The van der Waals surface area contributed by atoms with Crippen molar-refractivity contribution >= 4 is 11.7 Å². The number of likely N-dealkylation sites (tertiary alicyclic amines) is 1. The maximum absolute atomic E-state index is 13.4. The van der Waals surface area contributed by atoms with Crippen molar-refractivity contribution in [2.75, 3.05) is 32.1 Å². The number of nitrogens with zero attached hydrogens (tertiary/aromatic N) is 5. The van der Waals surface area contributed by atoms with Gasteiger partial charge in [-0.05, 0) is 45.2 Å². The molecule has 2 aromatic heterocycles. The predicted molar refractivity (Wildman–Crippen MR) is 120 cm³/mol. The van der Waals surface area contributed by atoms with E-state index in [4.69, 9.17) is 4.98 Å². The Morgan fingerprint density at radius 2 is 2.06 bits per heavy atom. The molecule has 0 aromatic carbocycles. The van der Waals surface area contributed by atoms with Gasteiger partial charge in [0, 0.05) is 58.0 Å². The molecule has 4 heterocycles. The molecule has 2 aliphatic heterocycles. The number of fused-ring (bicyclic) bond motifs is 1. The van der Waals surface area contributed by atoms with Gasteiger partial charge in [-0.3, -0.25) is 14.5 Å². The van der Waals surface area contributed by atoms with Gasteiger partial charge in [-0.15, -0.1) is 0 Å². The molecule has 8 heteroatoms. The van der Waals surface area contributed by atoms with E-state index in [1.807, 2.05) is 30.0 Å². The van der Waals surface area contributed by atoms with E-state index in [1.165, 1.54) is 0 Å². The van der Waals surface area contributed by atoms with Crippen LogP contribution in [0.2, 0.25) is 0 Å². The van der Waals surface area contributed by atoms with Crippen LogP contribution in [0.1, 0.15) is 66.6 Å². The number of rotatable bonds is 4. The van der Waals surface area contributed by atoms with Crippen molar-refractivity contribution in [1.82, 2.24) is 24.8 Å². The number of hydrogen-bond donors (Lipinski definition) is 1. The second-order valence-electron chi connectivity index (χ2n) is 9.00. The zero-order chi connectivity index (χ0) is 22.1. The van der Waals surface area contributed by atoms with E-state index in [9.17, 15) is 9.59 Å². The first-order valence-corrected chi connectivity index (χ1v) is 11.2. The fraction of sp³-hybridized carbons (Fsp3) is 0.565. The fourth-order valence-corrected chi connectivity index (χ4v) is 4.48. The van der Waals surface area contributed by atoms with Crippen LogP contribution in [0.25, 0.3) is 0 Å². The predicted octanol–water partition coefficient (Wildman–Crippen LogP) is 2.36. The highest BCUT2D eigenvalue weighted by atomic mass is 16.2. The zero-order valence-corrected chi connectivity index (χ0v) is 18.9. The van der Waals surface area contributed by atoms with Gasteiger partial charge in [0.15, 0.2) is 0 Å². The molecular weight excluding hydrogens is 392 g/mol. The number of aromatic amines is 1. The molecule has 0 aliphatic carbocycles. The van der Waals surface area contributed by atoms with Gasteiger partial charge in [-0.2, -0.15) is 0 Å². The molecule has 0 saturated carbocycles. The highest BCUT2D eigenvalue weighted by Gasteiger charge is 2.32. The molecule has 2 aromatic rings. The molecule has 1 unspecified atom stereocenters. The monoisotopic (exact) mass is 424 g/mol. The minimum Gasteiger partial charge on any atom is -0.363 e. The SMILES string of the molecule is CC(C)N1CCc2nc(C3CCCCN3C(=O)c3ccnc(N(C)C)c3)[nH]c(=O)c2C1. The molecule has 0 bridgehead atoms. The second-order valence-corrected chi connectivity index (χ2v) is 9.00. The number of pyridine rings is 1. The van der Waals surface area contributed by atoms with Crippen LogP contribution in [-0.4, -0.2) is 63.9 Å². The van der Waals surface area contributed by atoms with E-state index >= 15 is 0 Å². The van der Waals surface area contributed by atoms with Gasteiger partial charge in [0.2, 0.25) is 0 Å². The molecule has 1 N–H and O–H groups in total. The van der Waals surface area contributed by atoms with Crippen LogP contribution >= 0.6 is 0 Å². The number of piperidine rings is 1. The summed E-state index contributed by atoms with van der Waals surface area (Å²) in [6, 6.07) is 3.76. The van der Waals surface area contributed by atoms with Gasteiger partial charge in [0.05, 0.1) is 17.3 Å². The van der Waals surface area contributed by atoms with Gasteiger partial charge in [0.1, 0.15) is 11.6 Å². The normalized spacial score (nSPS) is 19.4. The number of H-pyrrole nitrogens is 1. The molecule has 0 radical (unpaired) electrons. The summed E-state index contributed by atoms with van der Waals surface area (Å²) in [4.78, 5) is 44.6. The smallest absolute Gasteiger partial charge is 0.255 e. The Morgan fingerprint density at radius 3 is 2.81 bits per heavy atom. The Bertz CT molecular complexity index is 1020. The molecule has 1 atom stereocenters. The molecule has 1 fully saturated rings. The molecule has 8 nitrogen and oxygen atoms in total. The van der Waals surface area contributed by atoms with E-state index < -0.39 is 0 Å². The molecular formula is C23H32N6O2. The first-order chi connectivity index (χ1) is 14.8. The number of nitrogens with one attached hydrogen (secondary N) is 1. The van der Waals surface area contributed by atoms with Gasteiger partial charge >= 0.3 is 0 Å². The third-order valence-corrected chi connectivity index (χ3v) is 6.38. The van der Waals surface area contributed by atoms with Crippen LogP contribution in [-0.2, 0) is 13.0 Å². The van der Waals surface area contributed by atoms with Gasteiger partial charge in [-0.25, -0.2) is 9.97 Å². The number of anilines is 1. The van der Waals surface area contributed by atoms with E-state index in [0.717, 1.165) is 49.3 Å². The van der Waals surface area contributed by atoms with Crippen molar-refractivity contribution in [1.29, 1.82) is 0 Å². The van der Waals surface area contributed by atoms with Crippen molar-refractivity contribution in [3.05, 3.63) is 51.3 Å². The van der Waals surface area contributed by atoms with Crippen LogP contribution < -0.4 is 10.5 Å². The summed E-state index contributed by atoms with van der Waals surface area (Å²) in [5, 5.41) is 0. The van der Waals surface area contributed by atoms with Gasteiger partial charge in [0.25, 0.3) is 11.5 Å². The Labute approximate surface area is 183 Å². The molecule has 4 rings (SSSR count). The first-order valence-electron chi connectivity index (χ1n) is 11.2. The van der Waals surface area contributed by atoms with Crippen molar-refractivity contribution in [2.45, 2.75) is 58.2 Å². The molecule has 166 valence electrons. The summed E-state index contributed by atoms with van der Waals surface area (Å²) in [5.41, 5.74) is 2.19. The largest absolute Gasteiger partial charge is 0.363 e. The zero-order valence-electron chi connectivity index (χ0n) is 18.9. The van der Waals surface area contributed by atoms with E-state index in [-0.39, 0.29) is 17.5 Å². The molecule has 2 aliphatic rings. The standard InChI is InChI=1S/C23H32N6O2/c1-15(2)28-12-9-18-17(14-28)22(30)26-21(25-18)19-7-5-6-11-29(19)23(31)16-8-10-24-20(13-16)27(3)4/h8,10,13,15,19H,5-7,9,11-12,14H2,1-4H3,(H,25,26,30). The second kappa shape index (κ2) is 8.78. The highest BCUT2D eigenvalue weighted by molar-refractivity contribution is 5.95. The summed E-state index contributed by atoms with van der Waals surface area (Å²) in [6.45, 7) is 6.48. The minimum atomic E-state index is -0.210. The first kappa shape index (κ1) is 21.5. The van der Waals surface area contributed by atoms with Crippen LogP contribution in [0, 0.1) is 0 Å². The topological polar surface area (TPSA) is 85.4 Å². The van der Waals surface area contributed by atoms with Crippen molar-refractivity contribution in [2.24, 2.45) is 0 Å². The molecule has 1 amide bonds. The summed E-state index contributed by atoms with van der Waals surface area (Å²) in [5.74, 6) is 1.33. The number of aromatic nitrogens is 3. The molecule has 31 heavy (non-hydrogen) atoms. The summed E-state index contributed by atoms with van der Waals surface area (Å²) < 4.78 is 0. The fourth-order valence-electron chi connectivity index (χ4n) is 4.48. The number of amides is 1. The lowest BCUT2D eigenvalue weighted by Crippen LogP contribution is -2.42. The lowest BCUT2D eigenvalue weighted by molar-refractivity contribution is 0.0598. The van der Waals surface area contributed by atoms with E-state index in [1.54, 1.807) is 12.3 Å². The summed E-state index contributed by atoms with van der Waals surface area (Å²) in [6.07, 6.45) is 5.20. The van der Waals surface area contributed by atoms with Crippen LogP contribution in [0.5, 0.6) is 0 Å². The van der Waals surface area contributed by atoms with Gasteiger partial charge < -0.3 is 14.8 Å². The Balaban J connectivity index is 1.64. The van der Waals surface area contributed by atoms with Crippen molar-refractivity contribution in [3.8, 4) is 0 Å². The van der Waals surface area contributed by atoms with E-state index in [2.05, 4.69) is 28.7 Å². The Hall–Kier alpha value is -2.74. The maximum Gasteiger partial charge on any atom is 0.255 e. The summed E-state index contributed by atoms with van der Waals surface area (Å²) in [7, 11) is 3.81. The lowest BCUT2D eigenvalue weighted by atomic mass is 9.99. The third-order valence-electron chi connectivity index (χ3n) is 6.38.